The Bertz CT molecular complexity index is 680. The monoisotopic (exact) mass is 334 g/mol. The number of carbonyl (C=O) groups excluding carboxylic acids is 2. The summed E-state index contributed by atoms with van der Waals surface area (Å²) in [6.07, 6.45) is 0. The normalized spacial score (nSPS) is 17.1. The zero-order valence-corrected chi connectivity index (χ0v) is 13.3. The number of amides is 2. The van der Waals surface area contributed by atoms with Crippen molar-refractivity contribution in [1.29, 1.82) is 0 Å². The highest BCUT2D eigenvalue weighted by atomic mass is 16.6. The fourth-order valence-electron chi connectivity index (χ4n) is 2.33. The topological polar surface area (TPSA) is 114 Å². The number of esters is 1. The lowest BCUT2D eigenvalue weighted by molar-refractivity contribution is -0.140. The second kappa shape index (κ2) is 7.60. The average molecular weight is 334 g/mol. The van der Waals surface area contributed by atoms with Gasteiger partial charge in [-0.05, 0) is 24.6 Å². The van der Waals surface area contributed by atoms with Gasteiger partial charge < -0.3 is 25.2 Å². The molecule has 8 heteroatoms. The number of carboxylic acid groups (broad SMARTS) is 1. The Labute approximate surface area is 138 Å². The van der Waals surface area contributed by atoms with Gasteiger partial charge in [-0.25, -0.2) is 14.4 Å². The lowest BCUT2D eigenvalue weighted by atomic mass is 9.95. The first-order chi connectivity index (χ1) is 11.4. The van der Waals surface area contributed by atoms with Crippen LogP contribution in [-0.4, -0.2) is 43.4 Å². The molecule has 3 N–H and O–H groups in total. The van der Waals surface area contributed by atoms with Crippen molar-refractivity contribution in [2.45, 2.75) is 13.0 Å². The Balaban J connectivity index is 2.30. The molecule has 1 atom stereocenters. The van der Waals surface area contributed by atoms with Gasteiger partial charge in [-0.15, -0.1) is 0 Å². The number of aromatic carboxylic acids is 1. The Kier molecular flexibility index (Phi) is 5.54. The summed E-state index contributed by atoms with van der Waals surface area (Å²) in [5.74, 6) is -1.63. The van der Waals surface area contributed by atoms with E-state index in [9.17, 15) is 14.4 Å². The van der Waals surface area contributed by atoms with E-state index in [0.29, 0.717) is 11.3 Å². The molecule has 0 bridgehead atoms. The molecule has 0 radical (unpaired) electrons. The predicted molar refractivity (Wildman–Crippen MR) is 83.3 cm³/mol. The molecule has 0 fully saturated rings. The van der Waals surface area contributed by atoms with Gasteiger partial charge in [0.1, 0.15) is 6.61 Å². The lowest BCUT2D eigenvalue weighted by Gasteiger charge is -2.28. The molecule has 1 aromatic carbocycles. The predicted octanol–water partition coefficient (Wildman–Crippen LogP) is 1.20. The first kappa shape index (κ1) is 17.5. The molecule has 1 aromatic rings. The number of methoxy groups -OCH3 is 1. The van der Waals surface area contributed by atoms with Crippen LogP contribution in [0, 0.1) is 0 Å². The van der Waals surface area contributed by atoms with E-state index in [1.165, 1.54) is 19.2 Å². The molecule has 0 aromatic heterocycles. The minimum atomic E-state index is -1.05. The van der Waals surface area contributed by atoms with Crippen LogP contribution in [0.4, 0.5) is 4.79 Å². The third-order valence-corrected chi connectivity index (χ3v) is 3.50. The van der Waals surface area contributed by atoms with Crippen LogP contribution in [0.3, 0.4) is 0 Å². The van der Waals surface area contributed by atoms with E-state index in [4.69, 9.17) is 14.6 Å². The molecule has 0 spiro atoms. The zero-order chi connectivity index (χ0) is 17.7. The Morgan fingerprint density at radius 1 is 1.21 bits per heavy atom. The maximum absolute atomic E-state index is 12.3. The third-order valence-electron chi connectivity index (χ3n) is 3.50. The van der Waals surface area contributed by atoms with Crippen LogP contribution in [0.25, 0.3) is 0 Å². The van der Waals surface area contributed by atoms with Crippen LogP contribution >= 0.6 is 0 Å². The molecular formula is C16H18N2O6. The van der Waals surface area contributed by atoms with Crippen molar-refractivity contribution in [2.24, 2.45) is 0 Å². The molecule has 0 aliphatic carbocycles. The van der Waals surface area contributed by atoms with Crippen LogP contribution in [-0.2, 0) is 14.3 Å². The first-order valence-electron chi connectivity index (χ1n) is 7.21. The van der Waals surface area contributed by atoms with E-state index >= 15 is 0 Å². The highest BCUT2D eigenvalue weighted by Crippen LogP contribution is 2.27. The number of hydrogen-bond donors (Lipinski definition) is 3. The molecule has 2 rings (SSSR count). The number of hydrogen-bond acceptors (Lipinski definition) is 5. The van der Waals surface area contributed by atoms with E-state index in [1.807, 2.05) is 0 Å². The molecule has 1 aliphatic heterocycles. The van der Waals surface area contributed by atoms with Crippen LogP contribution in [0.15, 0.2) is 35.5 Å². The van der Waals surface area contributed by atoms with Crippen molar-refractivity contribution in [3.8, 4) is 0 Å². The summed E-state index contributed by atoms with van der Waals surface area (Å²) in [6, 6.07) is 4.75. The number of rotatable bonds is 6. The van der Waals surface area contributed by atoms with Crippen LogP contribution in [0.1, 0.15) is 28.9 Å². The minimum absolute atomic E-state index is 0.0880. The summed E-state index contributed by atoms with van der Waals surface area (Å²) in [4.78, 5) is 35.0. The van der Waals surface area contributed by atoms with Crippen LogP contribution in [0.2, 0.25) is 0 Å². The third kappa shape index (κ3) is 3.90. The summed E-state index contributed by atoms with van der Waals surface area (Å²) in [6.45, 7) is 1.95. The van der Waals surface area contributed by atoms with Crippen molar-refractivity contribution < 1.29 is 29.0 Å². The molecule has 8 nitrogen and oxygen atoms in total. The van der Waals surface area contributed by atoms with E-state index < -0.39 is 24.0 Å². The van der Waals surface area contributed by atoms with Crippen LogP contribution in [0.5, 0.6) is 0 Å². The Morgan fingerprint density at radius 2 is 1.88 bits per heavy atom. The summed E-state index contributed by atoms with van der Waals surface area (Å²) in [5, 5.41) is 14.1. The van der Waals surface area contributed by atoms with Gasteiger partial charge in [0.25, 0.3) is 0 Å². The molecule has 0 saturated heterocycles. The molecule has 24 heavy (non-hydrogen) atoms. The molecule has 2 amide bonds. The molecular weight excluding hydrogens is 316 g/mol. The Hall–Kier alpha value is -2.87. The number of carboxylic acids is 1. The van der Waals surface area contributed by atoms with Crippen molar-refractivity contribution in [1.82, 2.24) is 10.6 Å². The maximum Gasteiger partial charge on any atom is 0.338 e. The van der Waals surface area contributed by atoms with Gasteiger partial charge in [0.05, 0.1) is 23.8 Å². The smallest absolute Gasteiger partial charge is 0.338 e. The summed E-state index contributed by atoms with van der Waals surface area (Å²) >= 11 is 0. The summed E-state index contributed by atoms with van der Waals surface area (Å²) in [5.41, 5.74) is 1.33. The van der Waals surface area contributed by atoms with Crippen LogP contribution < -0.4 is 10.6 Å². The van der Waals surface area contributed by atoms with E-state index in [-0.39, 0.29) is 24.4 Å². The standard InChI is InChI=1S/C16H18N2O6/c1-9-12(15(21)24-8-7-23-2)13(18-16(22)17-9)10-3-5-11(6-4-10)14(19)20/h3-6,13H,7-8H2,1-2H3,(H,19,20)(H2,17,18,22)/t13-/m0/s1. The summed E-state index contributed by atoms with van der Waals surface area (Å²) in [7, 11) is 1.49. The van der Waals surface area contributed by atoms with Gasteiger partial charge in [-0.1, -0.05) is 12.1 Å². The van der Waals surface area contributed by atoms with Crippen molar-refractivity contribution >= 4 is 18.0 Å². The number of allylic oxidation sites excluding steroid dienone is 1. The highest BCUT2D eigenvalue weighted by molar-refractivity contribution is 5.95. The number of benzene rings is 1. The van der Waals surface area contributed by atoms with Crippen molar-refractivity contribution in [3.63, 3.8) is 0 Å². The second-order valence-electron chi connectivity index (χ2n) is 5.13. The fraction of sp³-hybridized carbons (Fsp3) is 0.312. The quantitative estimate of drug-likeness (QED) is 0.532. The van der Waals surface area contributed by atoms with Crippen molar-refractivity contribution in [2.75, 3.05) is 20.3 Å². The first-order valence-corrected chi connectivity index (χ1v) is 7.21. The zero-order valence-electron chi connectivity index (χ0n) is 13.3. The van der Waals surface area contributed by atoms with E-state index in [2.05, 4.69) is 10.6 Å². The molecule has 128 valence electrons. The maximum atomic E-state index is 12.3. The molecule has 0 unspecified atom stereocenters. The number of urea groups is 1. The van der Waals surface area contributed by atoms with Gasteiger partial charge >= 0.3 is 18.0 Å². The molecule has 1 aliphatic rings. The van der Waals surface area contributed by atoms with Crippen molar-refractivity contribution in [3.05, 3.63) is 46.7 Å². The fourth-order valence-corrected chi connectivity index (χ4v) is 2.33. The average Bonchev–Trinajstić information content (AvgIpc) is 2.54. The molecule has 1 heterocycles. The van der Waals surface area contributed by atoms with Gasteiger partial charge in [-0.2, -0.15) is 0 Å². The number of nitrogens with one attached hydrogen (secondary N) is 2. The lowest BCUT2D eigenvalue weighted by Crippen LogP contribution is -2.45. The van der Waals surface area contributed by atoms with Gasteiger partial charge in [-0.3, -0.25) is 0 Å². The van der Waals surface area contributed by atoms with E-state index in [1.54, 1.807) is 19.1 Å². The largest absolute Gasteiger partial charge is 0.478 e. The van der Waals surface area contributed by atoms with Gasteiger partial charge in [0.15, 0.2) is 0 Å². The second-order valence-corrected chi connectivity index (χ2v) is 5.13. The SMILES string of the molecule is COCCOC(=O)C1=C(C)NC(=O)N[C@H]1c1ccc(C(=O)O)cc1. The highest BCUT2D eigenvalue weighted by Gasteiger charge is 2.32. The molecule has 0 saturated carbocycles. The van der Waals surface area contributed by atoms with Gasteiger partial charge in [0.2, 0.25) is 0 Å². The van der Waals surface area contributed by atoms with Gasteiger partial charge in [0, 0.05) is 12.8 Å². The summed E-state index contributed by atoms with van der Waals surface area (Å²) < 4.78 is 9.97. The number of carbonyl (C=O) groups is 3. The van der Waals surface area contributed by atoms with E-state index in [0.717, 1.165) is 0 Å². The Morgan fingerprint density at radius 3 is 2.46 bits per heavy atom. The minimum Gasteiger partial charge on any atom is -0.478 e. The number of ether oxygens (including phenoxy) is 2.